The summed E-state index contributed by atoms with van der Waals surface area (Å²) in [6, 6.07) is 4.38. The van der Waals surface area contributed by atoms with E-state index >= 15 is 0 Å². The van der Waals surface area contributed by atoms with Gasteiger partial charge in [-0.15, -0.1) is 0 Å². The van der Waals surface area contributed by atoms with Crippen molar-refractivity contribution in [2.75, 3.05) is 13.3 Å². The lowest BCUT2D eigenvalue weighted by Gasteiger charge is -2.09. The molecule has 0 aliphatic rings. The molecule has 0 spiro atoms. The molecule has 0 fully saturated rings. The average Bonchev–Trinajstić information content (AvgIpc) is 2.28. The van der Waals surface area contributed by atoms with Crippen LogP contribution in [0.15, 0.2) is 18.2 Å². The topological polar surface area (TPSA) is 52.4 Å². The van der Waals surface area contributed by atoms with E-state index in [1.165, 1.54) is 12.1 Å². The van der Waals surface area contributed by atoms with E-state index in [4.69, 9.17) is 4.74 Å². The lowest BCUT2D eigenvalue weighted by atomic mass is 10.0. The van der Waals surface area contributed by atoms with Crippen molar-refractivity contribution >= 4 is 5.69 Å². The zero-order valence-corrected chi connectivity index (χ0v) is 8.98. The van der Waals surface area contributed by atoms with Crippen LogP contribution in [0, 0.1) is 17.0 Å². The molecule has 1 rings (SSSR count). The summed E-state index contributed by atoms with van der Waals surface area (Å²) < 4.78 is 17.5. The Bertz CT molecular complexity index is 381. The van der Waals surface area contributed by atoms with E-state index in [-0.39, 0.29) is 11.4 Å². The van der Waals surface area contributed by atoms with Crippen molar-refractivity contribution in [3.63, 3.8) is 0 Å². The van der Waals surface area contributed by atoms with Gasteiger partial charge in [0.05, 0.1) is 18.2 Å². The van der Waals surface area contributed by atoms with Gasteiger partial charge in [0, 0.05) is 12.0 Å². The molecule has 0 amide bonds. The Hall–Kier alpha value is -1.65. The predicted octanol–water partition coefficient (Wildman–Crippen LogP) is 2.88. The SMILES string of the molecule is [CH2]C(CF)c1ccc(OCC)c([N+](=O)[O-])c1. The van der Waals surface area contributed by atoms with Gasteiger partial charge in [-0.25, -0.2) is 0 Å². The van der Waals surface area contributed by atoms with E-state index in [1.54, 1.807) is 13.0 Å². The summed E-state index contributed by atoms with van der Waals surface area (Å²) in [5.74, 6) is -0.392. The molecule has 0 N–H and O–H groups in total. The molecule has 1 unspecified atom stereocenters. The van der Waals surface area contributed by atoms with Crippen LogP contribution >= 0.6 is 0 Å². The number of nitro groups is 1. The Balaban J connectivity index is 3.12. The number of hydrogen-bond donors (Lipinski definition) is 0. The highest BCUT2D eigenvalue weighted by Crippen LogP contribution is 2.30. The molecule has 0 heterocycles. The number of hydrogen-bond acceptors (Lipinski definition) is 3. The molecule has 1 aromatic rings. The molecule has 1 atom stereocenters. The van der Waals surface area contributed by atoms with Gasteiger partial charge in [0.2, 0.25) is 0 Å². The number of halogens is 1. The maximum absolute atomic E-state index is 12.4. The molecule has 0 saturated heterocycles. The molecule has 87 valence electrons. The van der Waals surface area contributed by atoms with E-state index < -0.39 is 17.5 Å². The number of rotatable bonds is 5. The third kappa shape index (κ3) is 2.68. The first-order valence-corrected chi connectivity index (χ1v) is 4.90. The Morgan fingerprint density at radius 2 is 2.31 bits per heavy atom. The van der Waals surface area contributed by atoms with Crippen molar-refractivity contribution in [2.45, 2.75) is 12.8 Å². The van der Waals surface area contributed by atoms with Crippen LogP contribution in [-0.4, -0.2) is 18.2 Å². The van der Waals surface area contributed by atoms with Crippen LogP contribution in [0.25, 0.3) is 0 Å². The van der Waals surface area contributed by atoms with Gasteiger partial charge in [-0.1, -0.05) is 6.07 Å². The average molecular weight is 226 g/mol. The summed E-state index contributed by atoms with van der Waals surface area (Å²) in [5.41, 5.74) is 0.346. The first-order valence-electron chi connectivity index (χ1n) is 4.90. The number of alkyl halides is 1. The summed E-state index contributed by atoms with van der Waals surface area (Å²) in [5, 5.41) is 10.8. The lowest BCUT2D eigenvalue weighted by molar-refractivity contribution is -0.385. The molecule has 0 aliphatic heterocycles. The molecule has 0 saturated carbocycles. The van der Waals surface area contributed by atoms with Crippen LogP contribution in [0.1, 0.15) is 18.4 Å². The minimum absolute atomic E-state index is 0.151. The standard InChI is InChI=1S/C11H13FNO3/c1-3-16-11-5-4-9(8(2)7-12)6-10(11)13(14)15/h4-6,8H,2-3,7H2,1H3. The fraction of sp³-hybridized carbons (Fsp3) is 0.364. The minimum Gasteiger partial charge on any atom is -0.487 e. The zero-order chi connectivity index (χ0) is 12.1. The maximum Gasteiger partial charge on any atom is 0.311 e. The minimum atomic E-state index is -0.648. The van der Waals surface area contributed by atoms with Crippen molar-refractivity contribution in [3.05, 3.63) is 40.8 Å². The van der Waals surface area contributed by atoms with E-state index in [1.807, 2.05) is 0 Å². The monoisotopic (exact) mass is 226 g/mol. The fourth-order valence-electron chi connectivity index (χ4n) is 1.30. The van der Waals surface area contributed by atoms with E-state index in [0.717, 1.165) is 0 Å². The molecule has 1 radical (unpaired) electrons. The van der Waals surface area contributed by atoms with Crippen LogP contribution in [0.4, 0.5) is 10.1 Å². The first-order chi connectivity index (χ1) is 7.60. The summed E-state index contributed by atoms with van der Waals surface area (Å²) in [4.78, 5) is 10.2. The van der Waals surface area contributed by atoms with Gasteiger partial charge in [0.25, 0.3) is 0 Å². The van der Waals surface area contributed by atoms with E-state index in [2.05, 4.69) is 6.92 Å². The number of nitrogens with zero attached hydrogens (tertiary/aromatic N) is 1. The van der Waals surface area contributed by atoms with E-state index in [0.29, 0.717) is 12.2 Å². The maximum atomic E-state index is 12.4. The molecule has 0 aliphatic carbocycles. The first kappa shape index (κ1) is 12.4. The van der Waals surface area contributed by atoms with Crippen LogP contribution in [0.3, 0.4) is 0 Å². The Kier molecular flexibility index (Phi) is 4.22. The number of nitro benzene ring substituents is 1. The molecule has 16 heavy (non-hydrogen) atoms. The van der Waals surface area contributed by atoms with Gasteiger partial charge in [0.15, 0.2) is 5.75 Å². The van der Waals surface area contributed by atoms with Crippen molar-refractivity contribution in [3.8, 4) is 5.75 Å². The molecule has 4 nitrogen and oxygen atoms in total. The van der Waals surface area contributed by atoms with Crippen LogP contribution in [-0.2, 0) is 0 Å². The smallest absolute Gasteiger partial charge is 0.311 e. The Morgan fingerprint density at radius 3 is 2.81 bits per heavy atom. The van der Waals surface area contributed by atoms with Crippen LogP contribution in [0.5, 0.6) is 5.75 Å². The molecular formula is C11H13FNO3. The van der Waals surface area contributed by atoms with Gasteiger partial charge >= 0.3 is 5.69 Å². The van der Waals surface area contributed by atoms with E-state index in [9.17, 15) is 14.5 Å². The van der Waals surface area contributed by atoms with Crippen LogP contribution < -0.4 is 4.74 Å². The lowest BCUT2D eigenvalue weighted by Crippen LogP contribution is -2.01. The predicted molar refractivity (Wildman–Crippen MR) is 58.3 cm³/mol. The Labute approximate surface area is 93.2 Å². The number of benzene rings is 1. The van der Waals surface area contributed by atoms with Crippen molar-refractivity contribution in [1.82, 2.24) is 0 Å². The highest BCUT2D eigenvalue weighted by molar-refractivity contribution is 5.49. The van der Waals surface area contributed by atoms with Gasteiger partial charge < -0.3 is 4.74 Å². The van der Waals surface area contributed by atoms with Gasteiger partial charge in [0.1, 0.15) is 0 Å². The second kappa shape index (κ2) is 5.44. The molecule has 1 aromatic carbocycles. The quantitative estimate of drug-likeness (QED) is 0.573. The van der Waals surface area contributed by atoms with Crippen molar-refractivity contribution in [2.24, 2.45) is 0 Å². The Morgan fingerprint density at radius 1 is 1.62 bits per heavy atom. The summed E-state index contributed by atoms with van der Waals surface area (Å²) in [6.45, 7) is 5.00. The highest BCUT2D eigenvalue weighted by atomic mass is 19.1. The summed E-state index contributed by atoms with van der Waals surface area (Å²) in [6.07, 6.45) is 0. The molecule has 0 aromatic heterocycles. The van der Waals surface area contributed by atoms with Crippen molar-refractivity contribution < 1.29 is 14.1 Å². The van der Waals surface area contributed by atoms with Crippen molar-refractivity contribution in [1.29, 1.82) is 0 Å². The molecule has 5 heteroatoms. The zero-order valence-electron chi connectivity index (χ0n) is 8.98. The fourth-order valence-corrected chi connectivity index (χ4v) is 1.30. The highest BCUT2D eigenvalue weighted by Gasteiger charge is 2.17. The normalized spacial score (nSPS) is 12.2. The largest absolute Gasteiger partial charge is 0.487 e. The molecule has 0 bridgehead atoms. The second-order valence-corrected chi connectivity index (χ2v) is 3.27. The third-order valence-corrected chi connectivity index (χ3v) is 2.14. The third-order valence-electron chi connectivity index (χ3n) is 2.14. The summed E-state index contributed by atoms with van der Waals surface area (Å²) in [7, 11) is 0. The van der Waals surface area contributed by atoms with Gasteiger partial charge in [-0.3, -0.25) is 14.5 Å². The van der Waals surface area contributed by atoms with Gasteiger partial charge in [-0.05, 0) is 25.5 Å². The van der Waals surface area contributed by atoms with Gasteiger partial charge in [-0.2, -0.15) is 0 Å². The number of ether oxygens (including phenoxy) is 1. The molecular weight excluding hydrogens is 213 g/mol. The second-order valence-electron chi connectivity index (χ2n) is 3.27. The van der Waals surface area contributed by atoms with Crippen LogP contribution in [0.2, 0.25) is 0 Å². The summed E-state index contributed by atoms with van der Waals surface area (Å²) >= 11 is 0.